The fraction of sp³-hybridized carbons (Fsp3) is 0.250. The van der Waals surface area contributed by atoms with Gasteiger partial charge in [-0.2, -0.15) is 35.8 Å². The number of halogens is 7. The van der Waals surface area contributed by atoms with Gasteiger partial charge >= 0.3 is 12.4 Å². The van der Waals surface area contributed by atoms with Crippen molar-refractivity contribution in [3.8, 4) is 11.3 Å². The van der Waals surface area contributed by atoms with Crippen molar-refractivity contribution in [3.05, 3.63) is 77.2 Å². The summed E-state index contributed by atoms with van der Waals surface area (Å²) in [6.45, 7) is 0.680. The zero-order chi connectivity index (χ0) is 27.2. The van der Waals surface area contributed by atoms with E-state index in [-0.39, 0.29) is 43.5 Å². The Morgan fingerprint density at radius 1 is 0.842 bits per heavy atom. The Hall–Kier alpha value is -4.23. The Bertz CT molecular complexity index is 1510. The molecule has 198 valence electrons. The molecule has 0 aliphatic carbocycles. The lowest BCUT2D eigenvalue weighted by atomic mass is 10.1. The molecule has 0 atom stereocenters. The van der Waals surface area contributed by atoms with E-state index < -0.39 is 40.8 Å². The monoisotopic (exact) mass is 538 g/mol. The molecule has 5 rings (SSSR count). The van der Waals surface area contributed by atoms with Crippen LogP contribution in [0.4, 0.5) is 36.7 Å². The van der Waals surface area contributed by atoms with Crippen LogP contribution in [0.1, 0.15) is 21.5 Å². The Kier molecular flexibility index (Phi) is 6.19. The van der Waals surface area contributed by atoms with E-state index in [1.807, 2.05) is 0 Å². The molecule has 1 amide bonds. The third-order valence-corrected chi connectivity index (χ3v) is 6.09. The highest BCUT2D eigenvalue weighted by Gasteiger charge is 2.33. The number of rotatable bonds is 3. The van der Waals surface area contributed by atoms with Crippen LogP contribution in [0.25, 0.3) is 17.0 Å². The third kappa shape index (κ3) is 4.85. The number of carbonyl (C=O) groups excluding carboxylic acids is 1. The Morgan fingerprint density at radius 3 is 2.18 bits per heavy atom. The zero-order valence-electron chi connectivity index (χ0n) is 19.3. The molecule has 3 heterocycles. The SMILES string of the molecule is O=C(c1ccc(C(F)(F)F)cc1F)N1CCN(c2nc3nccc(-c4cccc(C(F)(F)F)c4)n3n2)CC1. The normalized spacial score (nSPS) is 14.8. The van der Waals surface area contributed by atoms with E-state index in [1.165, 1.54) is 33.8 Å². The quantitative estimate of drug-likeness (QED) is 0.346. The Balaban J connectivity index is 1.33. The zero-order valence-corrected chi connectivity index (χ0v) is 19.3. The molecule has 38 heavy (non-hydrogen) atoms. The molecule has 0 radical (unpaired) electrons. The van der Waals surface area contributed by atoms with Gasteiger partial charge in [-0.15, -0.1) is 5.10 Å². The topological polar surface area (TPSA) is 66.6 Å². The smallest absolute Gasteiger partial charge is 0.336 e. The van der Waals surface area contributed by atoms with Gasteiger partial charge in [0.2, 0.25) is 5.95 Å². The Morgan fingerprint density at radius 2 is 1.53 bits per heavy atom. The van der Waals surface area contributed by atoms with Crippen molar-refractivity contribution in [1.82, 2.24) is 24.5 Å². The average molecular weight is 538 g/mol. The first-order chi connectivity index (χ1) is 17.9. The van der Waals surface area contributed by atoms with Gasteiger partial charge in [-0.05, 0) is 36.4 Å². The number of carbonyl (C=O) groups is 1. The van der Waals surface area contributed by atoms with Gasteiger partial charge in [0.15, 0.2) is 0 Å². The van der Waals surface area contributed by atoms with Crippen LogP contribution in [0.3, 0.4) is 0 Å². The van der Waals surface area contributed by atoms with Crippen LogP contribution in [0.2, 0.25) is 0 Å². The lowest BCUT2D eigenvalue weighted by molar-refractivity contribution is -0.138. The molecular formula is C24H17F7N6O. The maximum absolute atomic E-state index is 14.3. The number of hydrogen-bond donors (Lipinski definition) is 0. The second-order valence-electron chi connectivity index (χ2n) is 8.50. The Labute approximate surface area is 210 Å². The molecule has 1 saturated heterocycles. The summed E-state index contributed by atoms with van der Waals surface area (Å²) in [5.74, 6) is -1.63. The minimum atomic E-state index is -4.73. The van der Waals surface area contributed by atoms with Crippen LogP contribution < -0.4 is 4.90 Å². The lowest BCUT2D eigenvalue weighted by Gasteiger charge is -2.34. The van der Waals surface area contributed by atoms with Crippen molar-refractivity contribution in [1.29, 1.82) is 0 Å². The molecule has 1 fully saturated rings. The molecular weight excluding hydrogens is 521 g/mol. The maximum Gasteiger partial charge on any atom is 0.416 e. The van der Waals surface area contributed by atoms with Crippen molar-refractivity contribution >= 4 is 17.6 Å². The first kappa shape index (κ1) is 25.4. The summed E-state index contributed by atoms with van der Waals surface area (Å²) in [5, 5.41) is 4.40. The minimum absolute atomic E-state index is 0.114. The number of amides is 1. The molecule has 1 aliphatic heterocycles. The van der Waals surface area contributed by atoms with Gasteiger partial charge in [-0.25, -0.2) is 9.37 Å². The molecule has 7 nitrogen and oxygen atoms in total. The standard InChI is InChI=1S/C24H17F7N6O/c25-18-13-16(24(29,30)31)4-5-17(18)20(38)35-8-10-36(11-9-35)22-33-21-32-7-6-19(37(21)34-22)14-2-1-3-15(12-14)23(26,27)28/h1-7,12-13H,8-11H2. The van der Waals surface area contributed by atoms with E-state index in [4.69, 9.17) is 0 Å². The van der Waals surface area contributed by atoms with Crippen LogP contribution in [-0.2, 0) is 12.4 Å². The van der Waals surface area contributed by atoms with Crippen LogP contribution in [0.15, 0.2) is 54.7 Å². The van der Waals surface area contributed by atoms with Crippen molar-refractivity contribution in [2.24, 2.45) is 0 Å². The maximum atomic E-state index is 14.3. The van der Waals surface area contributed by atoms with Gasteiger partial charge in [0.05, 0.1) is 22.4 Å². The number of anilines is 1. The molecule has 0 spiro atoms. The van der Waals surface area contributed by atoms with Crippen LogP contribution >= 0.6 is 0 Å². The largest absolute Gasteiger partial charge is 0.416 e. The molecule has 2 aromatic carbocycles. The highest BCUT2D eigenvalue weighted by Crippen LogP contribution is 2.33. The van der Waals surface area contributed by atoms with Crippen LogP contribution in [0, 0.1) is 5.82 Å². The van der Waals surface area contributed by atoms with E-state index in [0.29, 0.717) is 17.8 Å². The summed E-state index contributed by atoms with van der Waals surface area (Å²) < 4.78 is 93.5. The molecule has 2 aromatic heterocycles. The van der Waals surface area contributed by atoms with Crippen molar-refractivity contribution in [3.63, 3.8) is 0 Å². The summed E-state index contributed by atoms with van der Waals surface area (Å²) in [4.78, 5) is 24.2. The van der Waals surface area contributed by atoms with Crippen molar-refractivity contribution in [2.45, 2.75) is 12.4 Å². The van der Waals surface area contributed by atoms with E-state index >= 15 is 0 Å². The number of piperazine rings is 1. The minimum Gasteiger partial charge on any atom is -0.336 e. The van der Waals surface area contributed by atoms with Gasteiger partial charge in [-0.1, -0.05) is 12.1 Å². The van der Waals surface area contributed by atoms with E-state index in [9.17, 15) is 35.5 Å². The van der Waals surface area contributed by atoms with Gasteiger partial charge in [0.25, 0.3) is 11.7 Å². The predicted molar refractivity (Wildman–Crippen MR) is 121 cm³/mol. The first-order valence-corrected chi connectivity index (χ1v) is 11.2. The molecule has 1 aliphatic rings. The molecule has 0 N–H and O–H groups in total. The van der Waals surface area contributed by atoms with Gasteiger partial charge in [-0.3, -0.25) is 4.79 Å². The molecule has 0 unspecified atom stereocenters. The highest BCUT2D eigenvalue weighted by molar-refractivity contribution is 5.94. The summed E-state index contributed by atoms with van der Waals surface area (Å²) in [6, 6.07) is 8.04. The summed E-state index contributed by atoms with van der Waals surface area (Å²) in [5.41, 5.74) is -1.87. The van der Waals surface area contributed by atoms with Gasteiger partial charge in [0, 0.05) is 37.9 Å². The summed E-state index contributed by atoms with van der Waals surface area (Å²) in [7, 11) is 0. The summed E-state index contributed by atoms with van der Waals surface area (Å²) >= 11 is 0. The first-order valence-electron chi connectivity index (χ1n) is 11.2. The number of fused-ring (bicyclic) bond motifs is 1. The summed E-state index contributed by atoms with van der Waals surface area (Å²) in [6.07, 6.45) is -7.85. The molecule has 0 saturated carbocycles. The van der Waals surface area contributed by atoms with E-state index in [2.05, 4.69) is 15.1 Å². The second-order valence-corrected chi connectivity index (χ2v) is 8.50. The second kappa shape index (κ2) is 9.26. The molecule has 4 aromatic rings. The van der Waals surface area contributed by atoms with E-state index in [0.717, 1.165) is 18.2 Å². The number of alkyl halides is 6. The van der Waals surface area contributed by atoms with Crippen molar-refractivity contribution in [2.75, 3.05) is 31.1 Å². The predicted octanol–water partition coefficient (Wildman–Crippen LogP) is 4.93. The van der Waals surface area contributed by atoms with E-state index in [1.54, 1.807) is 4.90 Å². The van der Waals surface area contributed by atoms with Crippen LogP contribution in [-0.4, -0.2) is 56.6 Å². The number of benzene rings is 2. The lowest BCUT2D eigenvalue weighted by Crippen LogP contribution is -2.49. The third-order valence-electron chi connectivity index (χ3n) is 6.09. The average Bonchev–Trinajstić information content (AvgIpc) is 3.32. The van der Waals surface area contributed by atoms with Crippen molar-refractivity contribution < 1.29 is 35.5 Å². The molecule has 14 heteroatoms. The molecule has 0 bridgehead atoms. The fourth-order valence-electron chi connectivity index (χ4n) is 4.14. The van der Waals surface area contributed by atoms with Gasteiger partial charge in [0.1, 0.15) is 5.82 Å². The highest BCUT2D eigenvalue weighted by atomic mass is 19.4. The van der Waals surface area contributed by atoms with Gasteiger partial charge < -0.3 is 9.80 Å². The van der Waals surface area contributed by atoms with Crippen LogP contribution in [0.5, 0.6) is 0 Å². The number of aromatic nitrogens is 4. The number of hydrogen-bond acceptors (Lipinski definition) is 5. The fourth-order valence-corrected chi connectivity index (χ4v) is 4.14. The number of nitrogens with zero attached hydrogens (tertiary/aromatic N) is 6.